The van der Waals surface area contributed by atoms with E-state index in [1.54, 1.807) is 6.20 Å². The maximum absolute atomic E-state index is 13.2. The highest BCUT2D eigenvalue weighted by Gasteiger charge is 2.37. The number of carbonyl (C=O) groups is 1. The highest BCUT2D eigenvalue weighted by molar-refractivity contribution is 6.33. The van der Waals surface area contributed by atoms with Crippen molar-refractivity contribution in [2.24, 2.45) is 5.92 Å². The number of fused-ring (bicyclic) bond motifs is 1. The molecule has 1 amide bonds. The fourth-order valence-electron chi connectivity index (χ4n) is 4.59. The Labute approximate surface area is 148 Å². The van der Waals surface area contributed by atoms with E-state index in [9.17, 15) is 4.79 Å². The number of rotatable bonds is 2. The van der Waals surface area contributed by atoms with Crippen molar-refractivity contribution in [3.8, 4) is 0 Å². The first-order valence-corrected chi connectivity index (χ1v) is 9.70. The van der Waals surface area contributed by atoms with E-state index in [0.29, 0.717) is 28.6 Å². The number of hydrogen-bond donors (Lipinski definition) is 0. The standard InChI is InChI=1S/C18H25ClN4O/c19-14-12-20-18(22-9-3-4-10-22)21-16(14)17(24)23-11-5-7-13-6-1-2-8-15(13)23/h12-13,15H,1-11H2/t13-,15+/m1/s1. The fraction of sp³-hybridized carbons (Fsp3) is 0.722. The Bertz CT molecular complexity index is 615. The Kier molecular flexibility index (Phi) is 4.61. The van der Waals surface area contributed by atoms with Crippen molar-refractivity contribution in [2.45, 2.75) is 57.4 Å². The van der Waals surface area contributed by atoms with Gasteiger partial charge in [0.25, 0.3) is 5.91 Å². The largest absolute Gasteiger partial charge is 0.341 e. The molecular formula is C18H25ClN4O. The minimum atomic E-state index is -0.000512. The van der Waals surface area contributed by atoms with Gasteiger partial charge in [-0.05, 0) is 44.4 Å². The third-order valence-corrected chi connectivity index (χ3v) is 6.10. The molecule has 0 aromatic carbocycles. The number of amides is 1. The Balaban J connectivity index is 1.59. The van der Waals surface area contributed by atoms with E-state index in [0.717, 1.165) is 45.3 Å². The van der Waals surface area contributed by atoms with Crippen LogP contribution in [0.25, 0.3) is 0 Å². The molecule has 0 unspecified atom stereocenters. The molecule has 0 spiro atoms. The first kappa shape index (κ1) is 16.1. The highest BCUT2D eigenvalue weighted by Crippen LogP contribution is 2.36. The van der Waals surface area contributed by atoms with Crippen molar-refractivity contribution in [3.63, 3.8) is 0 Å². The van der Waals surface area contributed by atoms with Crippen LogP contribution in [-0.4, -0.2) is 46.5 Å². The molecule has 2 saturated heterocycles. The summed E-state index contributed by atoms with van der Waals surface area (Å²) in [6.45, 7) is 2.76. The van der Waals surface area contributed by atoms with Gasteiger partial charge in [0.15, 0.2) is 5.69 Å². The van der Waals surface area contributed by atoms with Gasteiger partial charge in [-0.2, -0.15) is 0 Å². The third kappa shape index (κ3) is 2.99. The average molecular weight is 349 g/mol. The molecule has 3 heterocycles. The van der Waals surface area contributed by atoms with Crippen LogP contribution < -0.4 is 4.90 Å². The normalized spacial score (nSPS) is 27.2. The van der Waals surface area contributed by atoms with Gasteiger partial charge in [0.05, 0.1) is 11.2 Å². The van der Waals surface area contributed by atoms with Gasteiger partial charge in [-0.25, -0.2) is 9.97 Å². The lowest BCUT2D eigenvalue weighted by Crippen LogP contribution is -2.50. The Morgan fingerprint density at radius 3 is 2.62 bits per heavy atom. The van der Waals surface area contributed by atoms with Crippen molar-refractivity contribution in [1.29, 1.82) is 0 Å². The van der Waals surface area contributed by atoms with Crippen molar-refractivity contribution in [2.75, 3.05) is 24.5 Å². The second-order valence-electron chi connectivity index (χ2n) is 7.31. The van der Waals surface area contributed by atoms with Crippen LogP contribution in [0, 0.1) is 5.92 Å². The van der Waals surface area contributed by atoms with Crippen LogP contribution >= 0.6 is 11.6 Å². The van der Waals surface area contributed by atoms with Gasteiger partial charge in [-0.15, -0.1) is 0 Å². The number of carbonyl (C=O) groups excluding carboxylic acids is 1. The Morgan fingerprint density at radius 2 is 1.79 bits per heavy atom. The molecule has 1 aliphatic carbocycles. The van der Waals surface area contributed by atoms with Gasteiger partial charge in [0.2, 0.25) is 5.95 Å². The first-order valence-electron chi connectivity index (χ1n) is 9.32. The summed E-state index contributed by atoms with van der Waals surface area (Å²) in [5.74, 6) is 1.31. The van der Waals surface area contributed by atoms with E-state index in [-0.39, 0.29) is 5.91 Å². The minimum Gasteiger partial charge on any atom is -0.341 e. The predicted octanol–water partition coefficient (Wildman–Crippen LogP) is 3.53. The van der Waals surface area contributed by atoms with E-state index in [2.05, 4.69) is 19.8 Å². The second-order valence-corrected chi connectivity index (χ2v) is 7.72. The van der Waals surface area contributed by atoms with Crippen LogP contribution in [0.2, 0.25) is 5.02 Å². The van der Waals surface area contributed by atoms with E-state index in [4.69, 9.17) is 11.6 Å². The van der Waals surface area contributed by atoms with Crippen LogP contribution in [0.4, 0.5) is 5.95 Å². The summed E-state index contributed by atoms with van der Waals surface area (Å²) in [5.41, 5.74) is 0.389. The van der Waals surface area contributed by atoms with E-state index >= 15 is 0 Å². The first-order chi connectivity index (χ1) is 11.7. The molecule has 0 bridgehead atoms. The lowest BCUT2D eigenvalue weighted by Gasteiger charge is -2.44. The topological polar surface area (TPSA) is 49.3 Å². The van der Waals surface area contributed by atoms with Gasteiger partial charge in [-0.3, -0.25) is 4.79 Å². The molecule has 1 aromatic heterocycles. The number of nitrogens with zero attached hydrogens (tertiary/aromatic N) is 4. The molecule has 130 valence electrons. The molecule has 6 heteroatoms. The maximum atomic E-state index is 13.2. The van der Waals surface area contributed by atoms with E-state index in [1.165, 1.54) is 25.7 Å². The Hall–Kier alpha value is -1.36. The monoisotopic (exact) mass is 348 g/mol. The number of likely N-dealkylation sites (tertiary alicyclic amines) is 1. The summed E-state index contributed by atoms with van der Waals surface area (Å²) < 4.78 is 0. The zero-order valence-electron chi connectivity index (χ0n) is 14.1. The maximum Gasteiger partial charge on any atom is 0.274 e. The van der Waals surface area contributed by atoms with Crippen LogP contribution in [0.3, 0.4) is 0 Å². The zero-order chi connectivity index (χ0) is 16.5. The summed E-state index contributed by atoms with van der Waals surface area (Å²) in [4.78, 5) is 26.3. The van der Waals surface area contributed by atoms with E-state index < -0.39 is 0 Å². The lowest BCUT2D eigenvalue weighted by molar-refractivity contribution is 0.0385. The van der Waals surface area contributed by atoms with Crippen molar-refractivity contribution < 1.29 is 4.79 Å². The van der Waals surface area contributed by atoms with E-state index in [1.807, 2.05) is 0 Å². The van der Waals surface area contributed by atoms with Crippen LogP contribution in [-0.2, 0) is 0 Å². The third-order valence-electron chi connectivity index (χ3n) is 5.83. The molecule has 5 nitrogen and oxygen atoms in total. The molecular weight excluding hydrogens is 324 g/mol. The van der Waals surface area contributed by atoms with Gasteiger partial charge < -0.3 is 9.80 Å². The smallest absolute Gasteiger partial charge is 0.274 e. The number of aromatic nitrogens is 2. The van der Waals surface area contributed by atoms with Crippen LogP contribution in [0.5, 0.6) is 0 Å². The molecule has 24 heavy (non-hydrogen) atoms. The summed E-state index contributed by atoms with van der Waals surface area (Å²) in [6, 6.07) is 0.376. The lowest BCUT2D eigenvalue weighted by atomic mass is 9.78. The van der Waals surface area contributed by atoms with Gasteiger partial charge in [-0.1, -0.05) is 24.4 Å². The molecule has 1 saturated carbocycles. The van der Waals surface area contributed by atoms with Gasteiger partial charge >= 0.3 is 0 Å². The molecule has 0 N–H and O–H groups in total. The summed E-state index contributed by atoms with van der Waals surface area (Å²) >= 11 is 6.30. The zero-order valence-corrected chi connectivity index (χ0v) is 14.8. The van der Waals surface area contributed by atoms with Crippen molar-refractivity contribution >= 4 is 23.5 Å². The van der Waals surface area contributed by atoms with Gasteiger partial charge in [0, 0.05) is 25.7 Å². The average Bonchev–Trinajstić information content (AvgIpc) is 3.16. The SMILES string of the molecule is O=C(c1nc(N2CCCC2)ncc1Cl)N1CCC[C@H]2CCCC[C@@H]21. The predicted molar refractivity (Wildman–Crippen MR) is 94.5 cm³/mol. The molecule has 3 aliphatic rings. The molecule has 2 aliphatic heterocycles. The number of anilines is 1. The molecule has 1 aromatic rings. The molecule has 0 radical (unpaired) electrons. The van der Waals surface area contributed by atoms with Crippen molar-refractivity contribution in [1.82, 2.24) is 14.9 Å². The Morgan fingerprint density at radius 1 is 1.04 bits per heavy atom. The highest BCUT2D eigenvalue weighted by atomic mass is 35.5. The molecule has 2 atom stereocenters. The second kappa shape index (κ2) is 6.87. The summed E-state index contributed by atoms with van der Waals surface area (Å²) in [7, 11) is 0. The number of hydrogen-bond acceptors (Lipinski definition) is 4. The summed E-state index contributed by atoms with van der Waals surface area (Å²) in [6.07, 6.45) is 11.2. The van der Waals surface area contributed by atoms with Crippen LogP contribution in [0.15, 0.2) is 6.20 Å². The minimum absolute atomic E-state index is 0.000512. The molecule has 4 rings (SSSR count). The van der Waals surface area contributed by atoms with Gasteiger partial charge in [0.1, 0.15) is 0 Å². The van der Waals surface area contributed by atoms with Crippen molar-refractivity contribution in [3.05, 3.63) is 16.9 Å². The van der Waals surface area contributed by atoms with Crippen LogP contribution in [0.1, 0.15) is 61.9 Å². The quantitative estimate of drug-likeness (QED) is 0.820. The summed E-state index contributed by atoms with van der Waals surface area (Å²) in [5, 5.41) is 0.376. The number of halogens is 1. The fourth-order valence-corrected chi connectivity index (χ4v) is 4.76. The number of piperidine rings is 1. The molecule has 3 fully saturated rings.